The smallest absolute Gasteiger partial charge is 0.341 e. The van der Waals surface area contributed by atoms with Crippen LogP contribution in [0.15, 0.2) is 46.4 Å². The van der Waals surface area contributed by atoms with Crippen LogP contribution in [0.25, 0.3) is 6.08 Å². The Morgan fingerprint density at radius 3 is 2.70 bits per heavy atom. The summed E-state index contributed by atoms with van der Waals surface area (Å²) in [5.74, 6) is -2.77. The monoisotopic (exact) mass is 492 g/mol. The van der Waals surface area contributed by atoms with E-state index in [2.05, 4.69) is 21.2 Å². The summed E-state index contributed by atoms with van der Waals surface area (Å²) in [6, 6.07) is 8.49. The van der Waals surface area contributed by atoms with Crippen molar-refractivity contribution in [3.8, 4) is 5.75 Å². The third-order valence-corrected chi connectivity index (χ3v) is 5.11. The van der Waals surface area contributed by atoms with Crippen molar-refractivity contribution in [2.45, 2.75) is 6.92 Å². The summed E-state index contributed by atoms with van der Waals surface area (Å²) in [7, 11) is 0. The number of carboxylic acids is 1. The Hall–Kier alpha value is -3.17. The molecule has 0 aromatic heterocycles. The summed E-state index contributed by atoms with van der Waals surface area (Å²) in [4.78, 5) is 49.5. The maximum absolute atomic E-state index is 13.1. The van der Waals surface area contributed by atoms with Gasteiger partial charge >= 0.3 is 12.0 Å². The number of carbonyl (C=O) groups is 4. The maximum Gasteiger partial charge on any atom is 0.341 e. The number of carboxylic acid groups (broad SMARTS) is 1. The summed E-state index contributed by atoms with van der Waals surface area (Å²) in [6.07, 6.45) is 1.24. The van der Waals surface area contributed by atoms with Crippen LogP contribution in [0.5, 0.6) is 5.75 Å². The molecule has 2 aromatic rings. The quantitative estimate of drug-likeness (QED) is 0.487. The molecule has 1 heterocycles. The van der Waals surface area contributed by atoms with Crippen molar-refractivity contribution in [3.63, 3.8) is 0 Å². The number of carbonyl (C=O) groups excluding carboxylic acids is 3. The zero-order valence-corrected chi connectivity index (χ0v) is 17.8. The van der Waals surface area contributed by atoms with Crippen molar-refractivity contribution >= 4 is 63.1 Å². The number of urea groups is 1. The van der Waals surface area contributed by atoms with Gasteiger partial charge in [0, 0.05) is 15.1 Å². The van der Waals surface area contributed by atoms with Crippen LogP contribution in [-0.2, 0) is 14.4 Å². The molecule has 0 radical (unpaired) electrons. The lowest BCUT2D eigenvalue weighted by Gasteiger charge is -2.27. The molecule has 2 aromatic carbocycles. The van der Waals surface area contributed by atoms with Crippen molar-refractivity contribution in [2.75, 3.05) is 11.5 Å². The van der Waals surface area contributed by atoms with Crippen LogP contribution in [0.4, 0.5) is 10.5 Å². The number of anilines is 1. The Bertz CT molecular complexity index is 1110. The minimum absolute atomic E-state index is 0.149. The van der Waals surface area contributed by atoms with Crippen molar-refractivity contribution in [3.05, 3.63) is 62.6 Å². The first-order chi connectivity index (χ1) is 14.2. The fourth-order valence-electron chi connectivity index (χ4n) is 2.77. The molecule has 3 rings (SSSR count). The van der Waals surface area contributed by atoms with E-state index in [1.165, 1.54) is 18.2 Å². The average molecular weight is 494 g/mol. The second-order valence-corrected chi connectivity index (χ2v) is 7.53. The number of imide groups is 2. The maximum atomic E-state index is 13.1. The van der Waals surface area contributed by atoms with Gasteiger partial charge < -0.3 is 9.84 Å². The van der Waals surface area contributed by atoms with E-state index in [1.54, 1.807) is 31.2 Å². The first-order valence-corrected chi connectivity index (χ1v) is 9.67. The number of nitrogens with one attached hydrogen (secondary N) is 1. The standard InChI is InChI=1S/C20H14BrClN2O6/c1-10-14(22)3-2-4-15(10)24-19(28)13(18(27)23-20(24)29)8-11-7-12(21)5-6-16(11)30-9-17(25)26/h2-8H,9H2,1H3,(H,25,26)(H,23,27,29)/b13-8+. The molecule has 0 spiro atoms. The van der Waals surface area contributed by atoms with Crippen LogP contribution in [0.2, 0.25) is 5.02 Å². The fraction of sp³-hybridized carbons (Fsp3) is 0.100. The Labute approximate surface area is 184 Å². The molecule has 4 amide bonds. The highest BCUT2D eigenvalue weighted by molar-refractivity contribution is 9.10. The minimum Gasteiger partial charge on any atom is -0.481 e. The fourth-order valence-corrected chi connectivity index (χ4v) is 3.32. The summed E-state index contributed by atoms with van der Waals surface area (Å²) < 4.78 is 5.84. The van der Waals surface area contributed by atoms with E-state index in [9.17, 15) is 19.2 Å². The van der Waals surface area contributed by atoms with Gasteiger partial charge in [0.25, 0.3) is 11.8 Å². The normalized spacial score (nSPS) is 15.4. The number of nitrogens with zero attached hydrogens (tertiary/aromatic N) is 1. The number of rotatable bonds is 5. The van der Waals surface area contributed by atoms with E-state index < -0.39 is 30.4 Å². The summed E-state index contributed by atoms with van der Waals surface area (Å²) in [5.41, 5.74) is 0.679. The molecular weight excluding hydrogens is 480 g/mol. The van der Waals surface area contributed by atoms with E-state index in [0.29, 0.717) is 15.1 Å². The zero-order valence-electron chi connectivity index (χ0n) is 15.4. The van der Waals surface area contributed by atoms with Gasteiger partial charge in [0.1, 0.15) is 11.3 Å². The second-order valence-electron chi connectivity index (χ2n) is 6.21. The molecule has 0 atom stereocenters. The third kappa shape index (κ3) is 4.37. The number of hydrogen-bond donors (Lipinski definition) is 2. The molecule has 30 heavy (non-hydrogen) atoms. The molecule has 0 aliphatic carbocycles. The third-order valence-electron chi connectivity index (χ3n) is 4.20. The van der Waals surface area contributed by atoms with Crippen LogP contribution >= 0.6 is 27.5 Å². The number of hydrogen-bond acceptors (Lipinski definition) is 5. The summed E-state index contributed by atoms with van der Waals surface area (Å²) in [6.45, 7) is 1.04. The van der Waals surface area contributed by atoms with Gasteiger partial charge in [-0.1, -0.05) is 33.6 Å². The molecule has 1 aliphatic heterocycles. The Kier molecular flexibility index (Phi) is 6.23. The second kappa shape index (κ2) is 8.68. The van der Waals surface area contributed by atoms with Crippen LogP contribution in [0.1, 0.15) is 11.1 Å². The van der Waals surface area contributed by atoms with E-state index >= 15 is 0 Å². The van der Waals surface area contributed by atoms with Gasteiger partial charge in [0.2, 0.25) is 0 Å². The molecule has 1 aliphatic rings. The molecule has 1 fully saturated rings. The molecule has 0 unspecified atom stereocenters. The molecule has 8 nitrogen and oxygen atoms in total. The van der Waals surface area contributed by atoms with Gasteiger partial charge in [-0.2, -0.15) is 0 Å². The highest BCUT2D eigenvalue weighted by atomic mass is 79.9. The van der Waals surface area contributed by atoms with E-state index in [0.717, 1.165) is 4.90 Å². The van der Waals surface area contributed by atoms with E-state index in [-0.39, 0.29) is 22.6 Å². The predicted octanol–water partition coefficient (Wildman–Crippen LogP) is 3.54. The van der Waals surface area contributed by atoms with Gasteiger partial charge in [-0.05, 0) is 48.9 Å². The molecule has 1 saturated heterocycles. The first kappa shape index (κ1) is 21.5. The Balaban J connectivity index is 2.06. The van der Waals surface area contributed by atoms with Crippen molar-refractivity contribution in [1.82, 2.24) is 5.32 Å². The highest BCUT2D eigenvalue weighted by Gasteiger charge is 2.37. The number of ether oxygens (including phenoxy) is 1. The lowest BCUT2D eigenvalue weighted by molar-refractivity contribution is -0.139. The number of aliphatic carboxylic acids is 1. The van der Waals surface area contributed by atoms with Crippen molar-refractivity contribution in [1.29, 1.82) is 0 Å². The van der Waals surface area contributed by atoms with Gasteiger partial charge in [0.05, 0.1) is 5.69 Å². The lowest BCUT2D eigenvalue weighted by atomic mass is 10.0. The first-order valence-electron chi connectivity index (χ1n) is 8.49. The number of amides is 4. The largest absolute Gasteiger partial charge is 0.481 e. The molecule has 0 bridgehead atoms. The average Bonchev–Trinajstić information content (AvgIpc) is 2.67. The molecular formula is C20H14BrClN2O6. The summed E-state index contributed by atoms with van der Waals surface area (Å²) in [5, 5.41) is 11.3. The van der Waals surface area contributed by atoms with Gasteiger partial charge in [-0.15, -0.1) is 0 Å². The van der Waals surface area contributed by atoms with Crippen molar-refractivity contribution in [2.24, 2.45) is 0 Å². The summed E-state index contributed by atoms with van der Waals surface area (Å²) >= 11 is 9.38. The Morgan fingerprint density at radius 2 is 2.00 bits per heavy atom. The van der Waals surface area contributed by atoms with Crippen LogP contribution in [-0.4, -0.2) is 35.5 Å². The van der Waals surface area contributed by atoms with Gasteiger partial charge in [-0.25, -0.2) is 14.5 Å². The highest BCUT2D eigenvalue weighted by Crippen LogP contribution is 2.31. The topological polar surface area (TPSA) is 113 Å². The Morgan fingerprint density at radius 1 is 1.27 bits per heavy atom. The van der Waals surface area contributed by atoms with Gasteiger partial charge in [-0.3, -0.25) is 14.9 Å². The van der Waals surface area contributed by atoms with Crippen LogP contribution in [0.3, 0.4) is 0 Å². The molecule has 0 saturated carbocycles. The minimum atomic E-state index is -1.18. The molecule has 10 heteroatoms. The zero-order chi connectivity index (χ0) is 22.0. The van der Waals surface area contributed by atoms with Crippen LogP contribution < -0.4 is 15.0 Å². The predicted molar refractivity (Wildman–Crippen MR) is 112 cm³/mol. The van der Waals surface area contributed by atoms with Crippen LogP contribution in [0, 0.1) is 6.92 Å². The van der Waals surface area contributed by atoms with E-state index in [1.807, 2.05) is 0 Å². The van der Waals surface area contributed by atoms with Gasteiger partial charge in [0.15, 0.2) is 6.61 Å². The van der Waals surface area contributed by atoms with Crippen molar-refractivity contribution < 1.29 is 29.0 Å². The lowest BCUT2D eigenvalue weighted by Crippen LogP contribution is -2.54. The number of benzene rings is 2. The molecule has 2 N–H and O–H groups in total. The number of halogens is 2. The van der Waals surface area contributed by atoms with E-state index in [4.69, 9.17) is 21.4 Å². The molecule has 154 valence electrons. The number of barbiturate groups is 1. The SMILES string of the molecule is Cc1c(Cl)cccc1N1C(=O)NC(=O)/C(=C\c2cc(Br)ccc2OCC(=O)O)C1=O.